The van der Waals surface area contributed by atoms with Crippen molar-refractivity contribution in [1.82, 2.24) is 9.97 Å². The molecule has 0 atom stereocenters. The largest absolute Gasteiger partial charge is 0.457 e. The predicted molar refractivity (Wildman–Crippen MR) is 124 cm³/mol. The van der Waals surface area contributed by atoms with Crippen LogP contribution in [0.15, 0.2) is 60.9 Å². The standard InChI is InChI=1S/C24H19ClN4O3/c1-24(2)23(31)28-18-12-27-22-19(20(18)29-24)16(11-26-22)21(30)15-9-8-14(10-17(15)25)32-13-6-4-3-5-7-13/h3-12,29H,1-2H3,(H,26,27)(H,28,31). The van der Waals surface area contributed by atoms with Crippen LogP contribution in [0, 0.1) is 0 Å². The predicted octanol–water partition coefficient (Wildman–Crippen LogP) is 5.38. The van der Waals surface area contributed by atoms with Gasteiger partial charge in [-0.2, -0.15) is 0 Å². The summed E-state index contributed by atoms with van der Waals surface area (Å²) in [5.74, 6) is 0.764. The Balaban J connectivity index is 1.53. The fraction of sp³-hybridized carbons (Fsp3) is 0.125. The van der Waals surface area contributed by atoms with E-state index in [1.54, 1.807) is 44.4 Å². The van der Waals surface area contributed by atoms with Crippen molar-refractivity contribution in [2.75, 3.05) is 10.6 Å². The maximum atomic E-state index is 13.4. The number of ketones is 1. The second kappa shape index (κ2) is 7.39. The zero-order valence-corrected chi connectivity index (χ0v) is 18.1. The molecule has 2 aromatic carbocycles. The van der Waals surface area contributed by atoms with E-state index in [0.717, 1.165) is 0 Å². The van der Waals surface area contributed by atoms with Gasteiger partial charge in [-0.25, -0.2) is 4.98 Å². The Morgan fingerprint density at radius 3 is 2.59 bits per heavy atom. The molecule has 0 fully saturated rings. The van der Waals surface area contributed by atoms with Gasteiger partial charge in [-0.15, -0.1) is 0 Å². The molecule has 5 rings (SSSR count). The molecule has 7 nitrogen and oxygen atoms in total. The lowest BCUT2D eigenvalue weighted by atomic mass is 9.97. The Labute approximate surface area is 188 Å². The van der Waals surface area contributed by atoms with Gasteiger partial charge in [0.05, 0.1) is 33.5 Å². The summed E-state index contributed by atoms with van der Waals surface area (Å²) in [7, 11) is 0. The van der Waals surface area contributed by atoms with Crippen LogP contribution in [-0.4, -0.2) is 27.2 Å². The molecule has 0 aliphatic carbocycles. The molecular formula is C24H19ClN4O3. The first-order valence-electron chi connectivity index (χ1n) is 10.0. The number of rotatable bonds is 4. The van der Waals surface area contributed by atoms with Gasteiger partial charge < -0.3 is 20.4 Å². The fourth-order valence-electron chi connectivity index (χ4n) is 3.66. The highest BCUT2D eigenvalue weighted by Crippen LogP contribution is 2.39. The van der Waals surface area contributed by atoms with Gasteiger partial charge in [0.2, 0.25) is 5.91 Å². The van der Waals surface area contributed by atoms with Crippen LogP contribution < -0.4 is 15.4 Å². The number of carbonyl (C=O) groups excluding carboxylic acids is 2. The molecule has 2 aromatic heterocycles. The van der Waals surface area contributed by atoms with Crippen molar-refractivity contribution in [3.05, 3.63) is 77.1 Å². The second-order valence-electron chi connectivity index (χ2n) is 8.06. The van der Waals surface area contributed by atoms with Gasteiger partial charge >= 0.3 is 0 Å². The minimum absolute atomic E-state index is 0.174. The molecule has 0 radical (unpaired) electrons. The SMILES string of the molecule is CC1(C)Nc2c(cnc3[nH]cc(C(=O)c4ccc(Oc5ccccc5)cc4Cl)c23)NC1=O. The smallest absolute Gasteiger partial charge is 0.249 e. The number of nitrogens with one attached hydrogen (secondary N) is 3. The number of para-hydroxylation sites is 1. The van der Waals surface area contributed by atoms with E-state index < -0.39 is 5.54 Å². The number of hydrogen-bond donors (Lipinski definition) is 3. The number of aromatic nitrogens is 2. The van der Waals surface area contributed by atoms with Crippen molar-refractivity contribution in [1.29, 1.82) is 0 Å². The molecule has 3 heterocycles. The third kappa shape index (κ3) is 3.36. The number of amides is 1. The van der Waals surface area contributed by atoms with Crippen LogP contribution in [0.25, 0.3) is 11.0 Å². The Morgan fingerprint density at radius 1 is 1.06 bits per heavy atom. The molecule has 0 unspecified atom stereocenters. The van der Waals surface area contributed by atoms with Gasteiger partial charge in [-0.05, 0) is 38.1 Å². The van der Waals surface area contributed by atoms with Crippen LogP contribution in [0.2, 0.25) is 5.02 Å². The maximum Gasteiger partial charge on any atom is 0.249 e. The Bertz CT molecular complexity index is 1380. The number of H-pyrrole nitrogens is 1. The lowest BCUT2D eigenvalue weighted by Crippen LogP contribution is -2.47. The number of nitrogens with zero attached hydrogens (tertiary/aromatic N) is 1. The number of hydrogen-bond acceptors (Lipinski definition) is 5. The highest BCUT2D eigenvalue weighted by Gasteiger charge is 2.35. The molecule has 0 bridgehead atoms. The molecule has 0 saturated heterocycles. The summed E-state index contributed by atoms with van der Waals surface area (Å²) in [6, 6.07) is 14.3. The van der Waals surface area contributed by atoms with Crippen LogP contribution in [0.5, 0.6) is 11.5 Å². The quantitative estimate of drug-likeness (QED) is 0.365. The fourth-order valence-corrected chi connectivity index (χ4v) is 3.92. The zero-order valence-electron chi connectivity index (χ0n) is 17.3. The number of ether oxygens (including phenoxy) is 1. The molecule has 1 aliphatic rings. The van der Waals surface area contributed by atoms with E-state index in [1.165, 1.54) is 0 Å². The van der Waals surface area contributed by atoms with E-state index in [-0.39, 0.29) is 16.7 Å². The van der Waals surface area contributed by atoms with Crippen LogP contribution in [0.3, 0.4) is 0 Å². The number of fused-ring (bicyclic) bond motifs is 3. The van der Waals surface area contributed by atoms with Gasteiger partial charge in [0, 0.05) is 17.8 Å². The molecule has 32 heavy (non-hydrogen) atoms. The minimum Gasteiger partial charge on any atom is -0.457 e. The summed E-state index contributed by atoms with van der Waals surface area (Å²) in [6.07, 6.45) is 3.17. The minimum atomic E-state index is -0.840. The van der Waals surface area contributed by atoms with Crippen molar-refractivity contribution < 1.29 is 14.3 Å². The first kappa shape index (κ1) is 20.1. The molecule has 3 N–H and O–H groups in total. The molecule has 1 aliphatic heterocycles. The Kier molecular flexibility index (Phi) is 4.64. The highest BCUT2D eigenvalue weighted by atomic mass is 35.5. The zero-order chi connectivity index (χ0) is 22.5. The second-order valence-corrected chi connectivity index (χ2v) is 8.47. The molecule has 0 saturated carbocycles. The van der Waals surface area contributed by atoms with E-state index in [1.807, 2.05) is 30.3 Å². The van der Waals surface area contributed by atoms with Crippen LogP contribution in [-0.2, 0) is 4.79 Å². The number of pyridine rings is 1. The summed E-state index contributed by atoms with van der Waals surface area (Å²) in [5, 5.41) is 6.96. The van der Waals surface area contributed by atoms with Crippen molar-refractivity contribution in [3.8, 4) is 11.5 Å². The molecular weight excluding hydrogens is 428 g/mol. The summed E-state index contributed by atoms with van der Waals surface area (Å²) in [4.78, 5) is 33.1. The molecule has 8 heteroatoms. The van der Waals surface area contributed by atoms with E-state index in [9.17, 15) is 9.59 Å². The van der Waals surface area contributed by atoms with Gasteiger partial charge in [-0.3, -0.25) is 9.59 Å². The maximum absolute atomic E-state index is 13.4. The lowest BCUT2D eigenvalue weighted by molar-refractivity contribution is -0.119. The summed E-state index contributed by atoms with van der Waals surface area (Å²) < 4.78 is 5.80. The Morgan fingerprint density at radius 2 is 1.84 bits per heavy atom. The van der Waals surface area contributed by atoms with Gasteiger partial charge in [-0.1, -0.05) is 29.8 Å². The summed E-state index contributed by atoms with van der Waals surface area (Å²) in [5.41, 5.74) is 1.60. The number of carbonyl (C=O) groups is 2. The highest BCUT2D eigenvalue weighted by molar-refractivity contribution is 6.36. The van der Waals surface area contributed by atoms with Crippen molar-refractivity contribution in [2.45, 2.75) is 19.4 Å². The normalized spacial score (nSPS) is 14.4. The first-order valence-corrected chi connectivity index (χ1v) is 10.4. The number of halogens is 1. The topological polar surface area (TPSA) is 96.1 Å². The lowest BCUT2D eigenvalue weighted by Gasteiger charge is -2.33. The van der Waals surface area contributed by atoms with Gasteiger partial charge in [0.15, 0.2) is 5.78 Å². The number of anilines is 2. The third-order valence-electron chi connectivity index (χ3n) is 5.36. The average Bonchev–Trinajstić information content (AvgIpc) is 3.20. The van der Waals surface area contributed by atoms with Gasteiger partial charge in [0.25, 0.3) is 0 Å². The van der Waals surface area contributed by atoms with E-state index in [4.69, 9.17) is 16.3 Å². The average molecular weight is 447 g/mol. The monoisotopic (exact) mass is 446 g/mol. The third-order valence-corrected chi connectivity index (χ3v) is 5.68. The van der Waals surface area contributed by atoms with Crippen LogP contribution in [0.1, 0.15) is 29.8 Å². The Hall–Kier alpha value is -3.84. The van der Waals surface area contributed by atoms with Crippen LogP contribution in [0.4, 0.5) is 11.4 Å². The molecule has 4 aromatic rings. The summed E-state index contributed by atoms with van der Waals surface area (Å²) >= 11 is 6.47. The first-order chi connectivity index (χ1) is 15.3. The van der Waals surface area contributed by atoms with Gasteiger partial charge in [0.1, 0.15) is 22.7 Å². The van der Waals surface area contributed by atoms with Crippen molar-refractivity contribution in [3.63, 3.8) is 0 Å². The number of aromatic amines is 1. The van der Waals surface area contributed by atoms with Crippen molar-refractivity contribution >= 4 is 45.7 Å². The molecule has 160 valence electrons. The summed E-state index contributed by atoms with van der Waals surface area (Å²) in [6.45, 7) is 3.54. The molecule has 0 spiro atoms. The van der Waals surface area contributed by atoms with E-state index in [2.05, 4.69) is 20.6 Å². The van der Waals surface area contributed by atoms with Crippen molar-refractivity contribution in [2.24, 2.45) is 0 Å². The molecule has 1 amide bonds. The van der Waals surface area contributed by atoms with Crippen LogP contribution >= 0.6 is 11.6 Å². The van der Waals surface area contributed by atoms with E-state index in [0.29, 0.717) is 45.0 Å². The van der Waals surface area contributed by atoms with E-state index >= 15 is 0 Å². The number of benzene rings is 2.